The molecular formula is C54H64F10N10O8. The Balaban J connectivity index is 1.33. The van der Waals surface area contributed by atoms with E-state index in [1.807, 2.05) is 22.9 Å². The number of carbonyl (C=O) groups is 4. The maximum absolute atomic E-state index is 16.1. The van der Waals surface area contributed by atoms with Crippen molar-refractivity contribution in [2.24, 2.45) is 10.8 Å². The molecule has 6 rings (SSSR count). The molecule has 448 valence electrons. The van der Waals surface area contributed by atoms with E-state index >= 15 is 8.78 Å². The van der Waals surface area contributed by atoms with Crippen molar-refractivity contribution < 1.29 is 82.4 Å². The monoisotopic (exact) mass is 1170 g/mol. The van der Waals surface area contributed by atoms with E-state index < -0.39 is 121 Å². The Bertz CT molecular complexity index is 2910. The summed E-state index contributed by atoms with van der Waals surface area (Å²) in [4.78, 5) is 62.3. The molecule has 6 atom stereocenters. The molecule has 2 fully saturated rings. The average Bonchev–Trinajstić information content (AvgIpc) is 3.72. The highest BCUT2D eigenvalue weighted by atomic mass is 19.4. The van der Waals surface area contributed by atoms with Gasteiger partial charge >= 0.3 is 24.5 Å². The number of hydrogen-bond donors (Lipinski definition) is 5. The van der Waals surface area contributed by atoms with E-state index in [1.54, 1.807) is 23.6 Å². The van der Waals surface area contributed by atoms with Crippen LogP contribution in [0.3, 0.4) is 0 Å². The largest absolute Gasteiger partial charge is 0.453 e. The third kappa shape index (κ3) is 15.7. The van der Waals surface area contributed by atoms with Crippen LogP contribution in [0.2, 0.25) is 0 Å². The van der Waals surface area contributed by atoms with Crippen molar-refractivity contribution in [2.45, 2.75) is 122 Å². The Kier molecular flexibility index (Phi) is 20.6. The Morgan fingerprint density at radius 3 is 1.87 bits per heavy atom. The molecule has 0 aliphatic carbocycles. The number of piperazine rings is 1. The lowest BCUT2D eigenvalue weighted by Gasteiger charge is -2.49. The van der Waals surface area contributed by atoms with E-state index in [1.165, 1.54) is 18.2 Å². The van der Waals surface area contributed by atoms with E-state index in [0.717, 1.165) is 56.1 Å². The first kappa shape index (κ1) is 64.0. The predicted molar refractivity (Wildman–Crippen MR) is 276 cm³/mol. The van der Waals surface area contributed by atoms with Gasteiger partial charge in [0.05, 0.1) is 62.1 Å². The van der Waals surface area contributed by atoms with Crippen molar-refractivity contribution in [3.05, 3.63) is 101 Å². The molecule has 0 spiro atoms. The number of ether oxygens (including phenoxy) is 3. The lowest BCUT2D eigenvalue weighted by molar-refractivity contribution is -0.221. The van der Waals surface area contributed by atoms with Crippen LogP contribution < -0.4 is 26.3 Å². The van der Waals surface area contributed by atoms with Crippen LogP contribution in [-0.4, -0.2) is 162 Å². The quantitative estimate of drug-likeness (QED) is 0.0354. The number of pyridine rings is 1. The smallest absolute Gasteiger partial charge is 0.407 e. The number of amides is 4. The number of hydrogen-bond acceptors (Lipinski definition) is 13. The molecule has 0 unspecified atom stereocenters. The zero-order chi connectivity index (χ0) is 60.6. The summed E-state index contributed by atoms with van der Waals surface area (Å²) in [7, 11) is 1.61. The minimum Gasteiger partial charge on any atom is -0.453 e. The normalized spacial score (nSPS) is 17.9. The molecule has 28 heteroatoms. The van der Waals surface area contributed by atoms with Crippen LogP contribution in [0.25, 0.3) is 11.3 Å². The van der Waals surface area contributed by atoms with Crippen LogP contribution in [0.1, 0.15) is 63.8 Å². The van der Waals surface area contributed by atoms with Crippen LogP contribution in [0.4, 0.5) is 59.3 Å². The van der Waals surface area contributed by atoms with E-state index in [2.05, 4.69) is 60.4 Å². The molecule has 4 heterocycles. The van der Waals surface area contributed by atoms with Gasteiger partial charge in [-0.25, -0.2) is 37.1 Å². The van der Waals surface area contributed by atoms with Gasteiger partial charge in [-0.05, 0) is 96.0 Å². The number of anilines is 1. The van der Waals surface area contributed by atoms with Crippen molar-refractivity contribution in [2.75, 3.05) is 52.0 Å². The number of methoxy groups -OCH3 is 2. The second-order valence-corrected chi connectivity index (χ2v) is 21.1. The van der Waals surface area contributed by atoms with Crippen molar-refractivity contribution in [3.8, 4) is 23.1 Å². The van der Waals surface area contributed by atoms with Gasteiger partial charge in [-0.2, -0.15) is 31.4 Å². The van der Waals surface area contributed by atoms with Gasteiger partial charge in [0.25, 0.3) is 12.3 Å². The maximum Gasteiger partial charge on any atom is 0.407 e. The minimum atomic E-state index is -5.23. The van der Waals surface area contributed by atoms with Gasteiger partial charge in [-0.1, -0.05) is 24.0 Å². The number of halogens is 10. The fraction of sp³-hybridized carbons (Fsp3) is 0.519. The first-order chi connectivity index (χ1) is 38.3. The van der Waals surface area contributed by atoms with Gasteiger partial charge in [-0.15, -0.1) is 0 Å². The van der Waals surface area contributed by atoms with E-state index in [4.69, 9.17) is 4.74 Å². The number of aliphatic hydroxyl groups excluding tert-OH is 1. The van der Waals surface area contributed by atoms with Gasteiger partial charge in [-0.3, -0.25) is 24.6 Å². The maximum atomic E-state index is 16.1. The van der Waals surface area contributed by atoms with Crippen LogP contribution in [0.15, 0.2) is 67.0 Å². The molecule has 0 bridgehead atoms. The van der Waals surface area contributed by atoms with Crippen LogP contribution in [-0.2, 0) is 43.3 Å². The topological polar surface area (TPSA) is 205 Å². The Morgan fingerprint density at radius 1 is 0.793 bits per heavy atom. The third-order valence-electron chi connectivity index (χ3n) is 14.5. The first-order valence-electron chi connectivity index (χ1n) is 25.7. The van der Waals surface area contributed by atoms with E-state index in [0.29, 0.717) is 63.1 Å². The van der Waals surface area contributed by atoms with E-state index in [-0.39, 0.29) is 28.9 Å². The highest BCUT2D eigenvalue weighted by Crippen LogP contribution is 2.42. The number of alkyl carbamates (subject to hydrolysis) is 2. The van der Waals surface area contributed by atoms with E-state index in [9.17, 15) is 59.4 Å². The average molecular weight is 1170 g/mol. The summed E-state index contributed by atoms with van der Waals surface area (Å²) >= 11 is 0. The molecule has 2 aliphatic rings. The van der Waals surface area contributed by atoms with Crippen LogP contribution in [0, 0.1) is 34.3 Å². The van der Waals surface area contributed by atoms with Crippen molar-refractivity contribution >= 4 is 29.8 Å². The molecule has 4 amide bonds. The lowest BCUT2D eigenvalue weighted by Crippen LogP contribution is -2.63. The summed E-state index contributed by atoms with van der Waals surface area (Å²) in [6.45, 7) is 6.50. The minimum absolute atomic E-state index is 0.156. The summed E-state index contributed by atoms with van der Waals surface area (Å²) in [5.41, 5.74) is -4.13. The number of nitrogens with zero attached hydrogens (tertiary/aromatic N) is 6. The fourth-order valence-corrected chi connectivity index (χ4v) is 9.10. The molecule has 2 saturated heterocycles. The highest BCUT2D eigenvalue weighted by molar-refractivity contribution is 5.87. The zero-order valence-electron chi connectivity index (χ0n) is 45.9. The Morgan fingerprint density at radius 2 is 1.35 bits per heavy atom. The number of alkyl halides is 8. The molecule has 82 heavy (non-hydrogen) atoms. The summed E-state index contributed by atoms with van der Waals surface area (Å²) in [5.74, 6) is 0.833. The molecule has 0 radical (unpaired) electrons. The number of nitrogens with one attached hydrogen (secondary N) is 4. The molecule has 18 nitrogen and oxygen atoms in total. The van der Waals surface area contributed by atoms with Gasteiger partial charge < -0.3 is 40.2 Å². The summed E-state index contributed by atoms with van der Waals surface area (Å²) < 4.78 is 161. The van der Waals surface area contributed by atoms with Gasteiger partial charge in [0.15, 0.2) is 0 Å². The molecule has 4 aromatic rings. The van der Waals surface area contributed by atoms with Gasteiger partial charge in [0.1, 0.15) is 36.1 Å². The highest BCUT2D eigenvalue weighted by Gasteiger charge is 2.57. The second kappa shape index (κ2) is 26.4. The number of benzene rings is 2. The van der Waals surface area contributed by atoms with Gasteiger partial charge in [0.2, 0.25) is 5.91 Å². The molecule has 2 aromatic carbocycles. The second-order valence-electron chi connectivity index (χ2n) is 21.1. The number of aromatic nitrogens is 3. The molecular weight excluding hydrogens is 1110 g/mol. The number of hydrazine groups is 1. The number of aliphatic hydroxyl groups is 1. The summed E-state index contributed by atoms with van der Waals surface area (Å²) in [6, 6.07) is 6.46. The Labute approximate surface area is 466 Å². The van der Waals surface area contributed by atoms with Gasteiger partial charge in [0, 0.05) is 72.9 Å². The lowest BCUT2D eigenvalue weighted by atomic mass is 9.82. The molecule has 0 saturated carbocycles. The zero-order valence-corrected chi connectivity index (χ0v) is 45.9. The molecule has 2 aromatic heterocycles. The molecule has 2 aliphatic heterocycles. The molecule has 5 N–H and O–H groups in total. The standard InChI is InChI=1S/C54H64F10N10O8/c1-30-24-74(31(2)23-73(30)36-28-82-29-36)44-16-15-34(22-65-44)14-11-32-9-12-33(13-10-32)19-41(66-47(76)45(67-49(78)80-7)51(3,4)53(59,60)61)42(75)26-72(70-48(77)46(68-50(79)81-8)52(5,6)54(62,63)64)25-37-38(55)20-35(21-39(37)56)40-17-18-71(69-40)27-43(57)58/h9-10,12-13,15-18,20-22,30-31,36,41-43,45-46,75H,19,23-29H2,1-8H3,(H,66,76)(H,67,78)(H,68,79)(H,70,77)/t30-,31-,41+,42+,45-,46-/m1/s1. The predicted octanol–water partition coefficient (Wildman–Crippen LogP) is 6.73. The third-order valence-corrected chi connectivity index (χ3v) is 14.5. The SMILES string of the molecule is COC(=O)N[C@H](C(=O)N[C@@H](Cc1ccc(C#Cc2ccc(N3C[C@@H](C)N(C4COC4)C[C@H]3C)nc2)cc1)[C@@H](O)CN(Cc1c(F)cc(-c2ccn(CC(F)F)n2)cc1F)NC(=O)[C@@H](NC(=O)OC)C(C)(C)C(F)(F)F)C(C)(C)C(F)(F)F. The summed E-state index contributed by atoms with van der Waals surface area (Å²) in [6.07, 6.45) is -16.1. The fourth-order valence-electron chi connectivity index (χ4n) is 9.10. The summed E-state index contributed by atoms with van der Waals surface area (Å²) in [5, 5.41) is 22.5. The van der Waals surface area contributed by atoms with Crippen molar-refractivity contribution in [1.82, 2.24) is 46.0 Å². The number of carbonyl (C=O) groups excluding carboxylic acids is 4. The van der Waals surface area contributed by atoms with Crippen molar-refractivity contribution in [1.29, 1.82) is 0 Å². The Hall–Kier alpha value is -7.22. The van der Waals surface area contributed by atoms with Crippen LogP contribution in [0.5, 0.6) is 0 Å². The van der Waals surface area contributed by atoms with Crippen molar-refractivity contribution in [3.63, 3.8) is 0 Å². The number of rotatable bonds is 20. The van der Waals surface area contributed by atoms with Crippen LogP contribution >= 0.6 is 0 Å². The first-order valence-corrected chi connectivity index (χ1v) is 25.7.